The number of methoxy groups -OCH3 is 2. The average Bonchev–Trinajstić information content (AvgIpc) is 3.26. The number of carbonyl (C=O) groups excluding carboxylic acids is 1. The van der Waals surface area contributed by atoms with E-state index < -0.39 is 22.1 Å². The quantitative estimate of drug-likeness (QED) is 0.554. The normalized spacial score (nSPS) is 26.4. The minimum absolute atomic E-state index is 0.0338. The first kappa shape index (κ1) is 23.0. The summed E-state index contributed by atoms with van der Waals surface area (Å²) in [6.45, 7) is 2.16. The molecule has 10 heteroatoms. The minimum Gasteiger partial charge on any atom is -0.494 e. The summed E-state index contributed by atoms with van der Waals surface area (Å²) in [5.74, 6) is 2.48. The van der Waals surface area contributed by atoms with Gasteiger partial charge in [-0.1, -0.05) is 6.92 Å². The molecule has 0 spiro atoms. The van der Waals surface area contributed by atoms with Crippen molar-refractivity contribution in [3.8, 4) is 17.2 Å². The topological polar surface area (TPSA) is 107 Å². The van der Waals surface area contributed by atoms with Gasteiger partial charge in [0.1, 0.15) is 36.1 Å². The van der Waals surface area contributed by atoms with Crippen molar-refractivity contribution in [3.63, 3.8) is 0 Å². The number of benzene rings is 1. The van der Waals surface area contributed by atoms with Crippen LogP contribution in [0.3, 0.4) is 0 Å². The first-order valence-electron chi connectivity index (χ1n) is 11.3. The van der Waals surface area contributed by atoms with E-state index in [0.717, 1.165) is 23.2 Å². The van der Waals surface area contributed by atoms with Crippen molar-refractivity contribution in [1.29, 1.82) is 0 Å². The first-order chi connectivity index (χ1) is 16.2. The van der Waals surface area contributed by atoms with Crippen molar-refractivity contribution >= 4 is 15.9 Å². The van der Waals surface area contributed by atoms with Crippen molar-refractivity contribution in [2.45, 2.75) is 44.3 Å². The van der Waals surface area contributed by atoms with E-state index in [4.69, 9.17) is 27.9 Å². The second-order valence-electron chi connectivity index (χ2n) is 9.09. The number of hydrogen-bond donors (Lipinski definition) is 0. The van der Waals surface area contributed by atoms with E-state index in [1.165, 1.54) is 0 Å². The maximum Gasteiger partial charge on any atom is 0.264 e. The van der Waals surface area contributed by atoms with Crippen LogP contribution in [0, 0.1) is 5.92 Å². The van der Waals surface area contributed by atoms with Crippen molar-refractivity contribution in [2.75, 3.05) is 33.7 Å². The smallest absolute Gasteiger partial charge is 0.264 e. The molecule has 184 valence electrons. The molecular formula is C24H28O9S. The summed E-state index contributed by atoms with van der Waals surface area (Å²) < 4.78 is 57.0. The van der Waals surface area contributed by atoms with Crippen LogP contribution in [-0.2, 0) is 28.6 Å². The summed E-state index contributed by atoms with van der Waals surface area (Å²) >= 11 is 0. The van der Waals surface area contributed by atoms with E-state index in [0.29, 0.717) is 47.8 Å². The summed E-state index contributed by atoms with van der Waals surface area (Å²) in [6, 6.07) is 3.54. The Balaban J connectivity index is 1.41. The molecule has 0 N–H and O–H groups in total. The van der Waals surface area contributed by atoms with Crippen molar-refractivity contribution in [1.82, 2.24) is 0 Å². The summed E-state index contributed by atoms with van der Waals surface area (Å²) in [7, 11) is -0.416. The molecule has 0 bridgehead atoms. The third-order valence-corrected chi connectivity index (χ3v) is 7.40. The van der Waals surface area contributed by atoms with Crippen LogP contribution in [0.1, 0.15) is 37.7 Å². The Morgan fingerprint density at radius 1 is 1.09 bits per heavy atom. The molecule has 0 amide bonds. The van der Waals surface area contributed by atoms with Gasteiger partial charge in [0.05, 0.1) is 33.0 Å². The monoisotopic (exact) mass is 492 g/mol. The maximum absolute atomic E-state index is 13.7. The predicted octanol–water partition coefficient (Wildman–Crippen LogP) is 2.85. The number of allylic oxidation sites excluding steroid dienone is 3. The lowest BCUT2D eigenvalue weighted by atomic mass is 9.78. The van der Waals surface area contributed by atoms with Crippen molar-refractivity contribution < 1.29 is 41.1 Å². The Morgan fingerprint density at radius 2 is 1.82 bits per heavy atom. The molecule has 0 radical (unpaired) electrons. The molecule has 9 nitrogen and oxygen atoms in total. The van der Waals surface area contributed by atoms with E-state index in [1.807, 2.05) is 6.92 Å². The van der Waals surface area contributed by atoms with E-state index in [2.05, 4.69) is 0 Å². The number of hydrogen-bond acceptors (Lipinski definition) is 9. The Bertz CT molecular complexity index is 1200. The fraction of sp³-hybridized carbons (Fsp3) is 0.542. The molecule has 34 heavy (non-hydrogen) atoms. The zero-order chi connectivity index (χ0) is 24.2. The molecule has 1 aromatic carbocycles. The van der Waals surface area contributed by atoms with E-state index in [1.54, 1.807) is 26.4 Å². The lowest BCUT2D eigenvalue weighted by molar-refractivity contribution is -0.124. The standard InChI is InChI=1S/C24H28O9S/c1-12(10-31-34(4,26)27)17-8-15-16(32-17)6-5-13-23(25)22-14-7-19(28-2)20(29-3)9-18(14)30-11-21(22)33-24(13)15/h7,9,12,17,21-22H,5-6,8,10-11H2,1-4H3/t12?,17-,21-,22+/m1/s1. The van der Waals surface area contributed by atoms with Crippen LogP contribution in [0.2, 0.25) is 0 Å². The summed E-state index contributed by atoms with van der Waals surface area (Å²) in [4.78, 5) is 13.7. The second kappa shape index (κ2) is 8.49. The van der Waals surface area contributed by atoms with Gasteiger partial charge < -0.3 is 23.7 Å². The predicted molar refractivity (Wildman–Crippen MR) is 120 cm³/mol. The average molecular weight is 493 g/mol. The Kier molecular flexibility index (Phi) is 5.76. The first-order valence-corrected chi connectivity index (χ1v) is 13.1. The Hall–Kier alpha value is -2.72. The van der Waals surface area contributed by atoms with E-state index in [9.17, 15) is 13.2 Å². The molecule has 1 unspecified atom stereocenters. The SMILES string of the molecule is COc1cc2c(cc1OC)[C@@H]1C(=O)C3=C(O[C@@H]1CO2)C1=C(CC3)O[C@@H](C(C)COS(C)(=O)=O)C1. The van der Waals surface area contributed by atoms with Gasteiger partial charge in [0.25, 0.3) is 10.1 Å². The summed E-state index contributed by atoms with van der Waals surface area (Å²) in [6.07, 6.45) is 2.00. The Labute approximate surface area is 198 Å². The largest absolute Gasteiger partial charge is 0.494 e. The number of ketones is 1. The van der Waals surface area contributed by atoms with Crippen LogP contribution in [0.25, 0.3) is 0 Å². The Morgan fingerprint density at radius 3 is 2.53 bits per heavy atom. The minimum atomic E-state index is -3.53. The molecule has 1 aliphatic carbocycles. The zero-order valence-electron chi connectivity index (χ0n) is 19.6. The molecule has 1 aromatic rings. The molecule has 4 atom stereocenters. The highest BCUT2D eigenvalue weighted by atomic mass is 32.2. The van der Waals surface area contributed by atoms with Gasteiger partial charge in [-0.2, -0.15) is 8.42 Å². The number of Topliss-reactive ketones (excluding diaryl/α,β-unsaturated/α-hetero) is 1. The third-order valence-electron chi connectivity index (χ3n) is 6.84. The molecule has 0 saturated carbocycles. The van der Waals surface area contributed by atoms with E-state index in [-0.39, 0.29) is 31.0 Å². The van der Waals surface area contributed by atoms with Crippen LogP contribution < -0.4 is 14.2 Å². The number of rotatable bonds is 6. The van der Waals surface area contributed by atoms with Crippen LogP contribution in [0.5, 0.6) is 17.2 Å². The molecule has 0 saturated heterocycles. The van der Waals surface area contributed by atoms with Gasteiger partial charge in [-0.15, -0.1) is 0 Å². The fourth-order valence-corrected chi connectivity index (χ4v) is 5.53. The lowest BCUT2D eigenvalue weighted by Gasteiger charge is -2.39. The van der Waals surface area contributed by atoms with Crippen LogP contribution in [0.15, 0.2) is 34.8 Å². The highest BCUT2D eigenvalue weighted by Crippen LogP contribution is 2.50. The van der Waals surface area contributed by atoms with Crippen LogP contribution in [0.4, 0.5) is 0 Å². The van der Waals surface area contributed by atoms with Gasteiger partial charge in [0, 0.05) is 41.5 Å². The van der Waals surface area contributed by atoms with Crippen LogP contribution >= 0.6 is 0 Å². The molecule has 0 fully saturated rings. The maximum atomic E-state index is 13.7. The molecule has 0 aromatic heterocycles. The van der Waals surface area contributed by atoms with Gasteiger partial charge >= 0.3 is 0 Å². The van der Waals surface area contributed by atoms with Gasteiger partial charge in [-0.25, -0.2) is 0 Å². The zero-order valence-corrected chi connectivity index (χ0v) is 20.4. The number of fused-ring (bicyclic) bond motifs is 4. The lowest BCUT2D eigenvalue weighted by Crippen LogP contribution is -2.42. The van der Waals surface area contributed by atoms with Gasteiger partial charge in [-0.05, 0) is 12.5 Å². The van der Waals surface area contributed by atoms with Crippen molar-refractivity contribution in [2.24, 2.45) is 5.92 Å². The number of carbonyl (C=O) groups is 1. The third kappa shape index (κ3) is 3.92. The molecule has 3 heterocycles. The van der Waals surface area contributed by atoms with Gasteiger partial charge in [-0.3, -0.25) is 8.98 Å². The van der Waals surface area contributed by atoms with Crippen LogP contribution in [-0.4, -0.2) is 60.1 Å². The second-order valence-corrected chi connectivity index (χ2v) is 10.7. The summed E-state index contributed by atoms with van der Waals surface area (Å²) in [5, 5.41) is 0. The molecule has 4 aliphatic rings. The van der Waals surface area contributed by atoms with E-state index >= 15 is 0 Å². The van der Waals surface area contributed by atoms with Gasteiger partial charge in [0.2, 0.25) is 0 Å². The highest BCUT2D eigenvalue weighted by Gasteiger charge is 2.48. The molecular weight excluding hydrogens is 464 g/mol. The number of ether oxygens (including phenoxy) is 5. The molecule has 3 aliphatic heterocycles. The highest BCUT2D eigenvalue weighted by molar-refractivity contribution is 7.85. The van der Waals surface area contributed by atoms with Crippen molar-refractivity contribution in [3.05, 3.63) is 40.4 Å². The van der Waals surface area contributed by atoms with Gasteiger partial charge in [0.15, 0.2) is 17.3 Å². The summed E-state index contributed by atoms with van der Waals surface area (Å²) in [5.41, 5.74) is 2.30. The fourth-order valence-electron chi connectivity index (χ4n) is 5.07. The molecule has 5 rings (SSSR count).